The molecule has 0 heterocycles. The van der Waals surface area contributed by atoms with Gasteiger partial charge in [0, 0.05) is 20.7 Å². The van der Waals surface area contributed by atoms with Gasteiger partial charge in [-0.2, -0.15) is 0 Å². The van der Waals surface area contributed by atoms with Crippen LogP contribution >= 0.6 is 0 Å². The molecule has 0 saturated heterocycles. The highest BCUT2D eigenvalue weighted by atomic mass is 16.5. The minimum absolute atomic E-state index is 0.268. The van der Waals surface area contributed by atoms with Gasteiger partial charge in [-0.25, -0.2) is 0 Å². The van der Waals surface area contributed by atoms with Crippen molar-refractivity contribution < 1.29 is 18.1 Å². The Bertz CT molecular complexity index is 564. The molecule has 1 N–H and O–H groups in total. The predicted molar refractivity (Wildman–Crippen MR) is 82.3 cm³/mol. The first-order valence-corrected chi connectivity index (χ1v) is 7.11. The summed E-state index contributed by atoms with van der Waals surface area (Å²) < 4.78 is 51.0. The highest BCUT2D eigenvalue weighted by molar-refractivity contribution is 5.31. The van der Waals surface area contributed by atoms with E-state index >= 15 is 0 Å². The Morgan fingerprint density at radius 2 is 1.90 bits per heavy atom. The Labute approximate surface area is 131 Å². The molecule has 112 valence electrons. The molecule has 0 amide bonds. The topological polar surface area (TPSA) is 32.7 Å². The van der Waals surface area contributed by atoms with Crippen LogP contribution in [-0.2, 0) is 0 Å². The Morgan fingerprint density at radius 1 is 1.25 bits per heavy atom. The van der Waals surface area contributed by atoms with E-state index in [4.69, 9.17) is 13.0 Å². The number of ether oxygens (including phenoxy) is 1. The zero-order valence-corrected chi connectivity index (χ0v) is 11.9. The molecule has 1 aliphatic rings. The van der Waals surface area contributed by atoms with Crippen LogP contribution in [0.1, 0.15) is 51.8 Å². The molecular weight excluding hydrogens is 250 g/mol. The van der Waals surface area contributed by atoms with E-state index in [2.05, 4.69) is 0 Å². The number of likely N-dealkylation sites (N-methyl/N-ethyl adjacent to an activating group) is 1. The molecule has 1 fully saturated rings. The lowest BCUT2D eigenvalue weighted by Gasteiger charge is -2.40. The summed E-state index contributed by atoms with van der Waals surface area (Å²) in [5, 5.41) is 11.3. The second kappa shape index (κ2) is 6.59. The van der Waals surface area contributed by atoms with Gasteiger partial charge in [-0.1, -0.05) is 31.4 Å². The lowest BCUT2D eigenvalue weighted by Crippen LogP contribution is -2.42. The van der Waals surface area contributed by atoms with Crippen LogP contribution in [0.25, 0.3) is 0 Å². The number of aliphatic hydroxyl groups is 1. The minimum Gasteiger partial charge on any atom is -0.497 e. The largest absolute Gasteiger partial charge is 0.497 e. The summed E-state index contributed by atoms with van der Waals surface area (Å²) in [6.45, 7) is -5.82. The van der Waals surface area contributed by atoms with Crippen molar-refractivity contribution >= 4 is 0 Å². The molecule has 0 spiro atoms. The average Bonchev–Trinajstić information content (AvgIpc) is 2.53. The van der Waals surface area contributed by atoms with Crippen LogP contribution in [0.2, 0.25) is 0 Å². The van der Waals surface area contributed by atoms with Gasteiger partial charge in [-0.15, -0.1) is 0 Å². The number of hydrogen-bond donors (Lipinski definition) is 1. The number of nitrogens with zero attached hydrogens (tertiary/aromatic N) is 1. The van der Waals surface area contributed by atoms with Gasteiger partial charge in [0.2, 0.25) is 0 Å². The minimum atomic E-state index is -2.78. The van der Waals surface area contributed by atoms with Crippen molar-refractivity contribution in [1.82, 2.24) is 4.90 Å². The maximum Gasteiger partial charge on any atom is 0.118 e. The van der Waals surface area contributed by atoms with Crippen LogP contribution in [0.3, 0.4) is 0 Å². The van der Waals surface area contributed by atoms with E-state index in [0.29, 0.717) is 29.1 Å². The normalized spacial score (nSPS) is 25.6. The molecule has 0 bridgehead atoms. The molecule has 1 atom stereocenters. The summed E-state index contributed by atoms with van der Waals surface area (Å²) in [4.78, 5) is 0.543. The molecule has 20 heavy (non-hydrogen) atoms. The van der Waals surface area contributed by atoms with E-state index in [0.717, 1.165) is 19.3 Å². The zero-order chi connectivity index (χ0) is 19.6. The highest BCUT2D eigenvalue weighted by Crippen LogP contribution is 2.40. The predicted octanol–water partition coefficient (Wildman–Crippen LogP) is 3.04. The average molecular weight is 283 g/mol. The van der Waals surface area contributed by atoms with E-state index in [1.54, 1.807) is 31.4 Å². The molecule has 0 radical (unpaired) electrons. The second-order valence-corrected chi connectivity index (χ2v) is 5.60. The lowest BCUT2D eigenvalue weighted by molar-refractivity contribution is -0.0277. The molecule has 0 aromatic heterocycles. The molecule has 1 saturated carbocycles. The van der Waals surface area contributed by atoms with Gasteiger partial charge < -0.3 is 14.7 Å². The van der Waals surface area contributed by atoms with Gasteiger partial charge in [-0.3, -0.25) is 0 Å². The van der Waals surface area contributed by atoms with Gasteiger partial charge in [0.25, 0.3) is 0 Å². The Hall–Kier alpha value is -1.06. The van der Waals surface area contributed by atoms with Gasteiger partial charge in [0.1, 0.15) is 5.75 Å². The van der Waals surface area contributed by atoms with Crippen LogP contribution in [0.5, 0.6) is 5.75 Å². The molecular formula is C17H27NO2. The fourth-order valence-electron chi connectivity index (χ4n) is 3.12. The van der Waals surface area contributed by atoms with E-state index in [9.17, 15) is 5.11 Å². The fraction of sp³-hybridized carbons (Fsp3) is 0.647. The summed E-state index contributed by atoms with van der Waals surface area (Å²) in [6.07, 6.45) is 3.74. The fourth-order valence-corrected chi connectivity index (χ4v) is 3.12. The Kier molecular flexibility index (Phi) is 2.99. The zero-order valence-electron chi connectivity index (χ0n) is 17.9. The molecule has 0 unspecified atom stereocenters. The van der Waals surface area contributed by atoms with Gasteiger partial charge in [0.05, 0.1) is 12.7 Å². The third-order valence-corrected chi connectivity index (χ3v) is 4.25. The van der Waals surface area contributed by atoms with Crippen LogP contribution in [-0.4, -0.2) is 43.2 Å². The monoisotopic (exact) mass is 283 g/mol. The first-order chi connectivity index (χ1) is 12.0. The molecule has 3 heteroatoms. The van der Waals surface area contributed by atoms with Gasteiger partial charge in [0.15, 0.2) is 0 Å². The SMILES string of the molecule is [2H]C([2H])([2H])N(C[C@H](c1ccc(OC)cc1)C1(O)CCCCC1)C([2H])([2H])[2H]. The maximum absolute atomic E-state index is 11.3. The van der Waals surface area contributed by atoms with E-state index < -0.39 is 25.5 Å². The smallest absolute Gasteiger partial charge is 0.118 e. The standard InChI is InChI=1S/C17H27NO2/c1-18(2)13-16(17(19)11-5-4-6-12-17)14-7-9-15(20-3)10-8-14/h7-10,16,19H,4-6,11-13H2,1-3H3/t16-/m1/s1/i1D3,2D3. The number of rotatable bonds is 5. The van der Waals surface area contributed by atoms with Crippen molar-refractivity contribution in [2.24, 2.45) is 0 Å². The van der Waals surface area contributed by atoms with E-state index in [1.807, 2.05) is 0 Å². The van der Waals surface area contributed by atoms with Crippen LogP contribution in [0.4, 0.5) is 0 Å². The Balaban J connectivity index is 2.42. The number of benzene rings is 1. The summed E-state index contributed by atoms with van der Waals surface area (Å²) in [6, 6.07) is 7.02. The van der Waals surface area contributed by atoms with E-state index in [1.165, 1.54) is 0 Å². The van der Waals surface area contributed by atoms with Crippen molar-refractivity contribution in [3.63, 3.8) is 0 Å². The summed E-state index contributed by atoms with van der Waals surface area (Å²) >= 11 is 0. The van der Waals surface area contributed by atoms with Crippen molar-refractivity contribution in [3.05, 3.63) is 29.8 Å². The molecule has 0 aliphatic heterocycles. The second-order valence-electron chi connectivity index (χ2n) is 5.60. The number of hydrogen-bond acceptors (Lipinski definition) is 3. The number of methoxy groups -OCH3 is 1. The third kappa shape index (κ3) is 3.53. The van der Waals surface area contributed by atoms with Crippen molar-refractivity contribution in [2.75, 3.05) is 27.6 Å². The van der Waals surface area contributed by atoms with Crippen molar-refractivity contribution in [1.29, 1.82) is 0 Å². The lowest BCUT2D eigenvalue weighted by atomic mass is 9.72. The molecule has 2 rings (SSSR count). The van der Waals surface area contributed by atoms with Crippen LogP contribution < -0.4 is 4.74 Å². The molecule has 1 aromatic carbocycles. The van der Waals surface area contributed by atoms with Crippen molar-refractivity contribution in [2.45, 2.75) is 43.6 Å². The first kappa shape index (κ1) is 9.06. The first-order valence-electron chi connectivity index (χ1n) is 10.1. The van der Waals surface area contributed by atoms with Crippen LogP contribution in [0, 0.1) is 0 Å². The summed E-state index contributed by atoms with van der Waals surface area (Å²) in [5.41, 5.74) is -0.407. The highest BCUT2D eigenvalue weighted by Gasteiger charge is 2.38. The van der Waals surface area contributed by atoms with E-state index in [-0.39, 0.29) is 6.54 Å². The quantitative estimate of drug-likeness (QED) is 0.901. The Morgan fingerprint density at radius 3 is 2.45 bits per heavy atom. The molecule has 1 aromatic rings. The summed E-state index contributed by atoms with van der Waals surface area (Å²) in [7, 11) is 1.55. The van der Waals surface area contributed by atoms with Gasteiger partial charge in [-0.05, 0) is 44.5 Å². The maximum atomic E-state index is 11.3. The van der Waals surface area contributed by atoms with Gasteiger partial charge >= 0.3 is 0 Å². The third-order valence-electron chi connectivity index (χ3n) is 4.25. The molecule has 3 nitrogen and oxygen atoms in total. The van der Waals surface area contributed by atoms with Crippen LogP contribution in [0.15, 0.2) is 24.3 Å². The summed E-state index contributed by atoms with van der Waals surface area (Å²) in [5.74, 6) is 0.0289. The van der Waals surface area contributed by atoms with Crippen molar-refractivity contribution in [3.8, 4) is 5.75 Å². The molecule has 1 aliphatic carbocycles.